The zero-order valence-corrected chi connectivity index (χ0v) is 21.3. The van der Waals surface area contributed by atoms with E-state index < -0.39 is 5.60 Å². The number of hydrogen-bond acceptors (Lipinski definition) is 5. The Balaban J connectivity index is 1.49. The van der Waals surface area contributed by atoms with E-state index >= 15 is 0 Å². The largest absolute Gasteiger partial charge is 0.495 e. The number of urea groups is 1. The van der Waals surface area contributed by atoms with Gasteiger partial charge in [-0.15, -0.1) is 0 Å². The molecule has 1 aliphatic heterocycles. The molecule has 0 radical (unpaired) electrons. The molecule has 3 aliphatic rings. The maximum atomic E-state index is 14.0. The van der Waals surface area contributed by atoms with Crippen LogP contribution in [0.25, 0.3) is 0 Å². The fourth-order valence-corrected chi connectivity index (χ4v) is 6.46. The number of ether oxygens (including phenoxy) is 1. The Labute approximate surface area is 213 Å². The van der Waals surface area contributed by atoms with E-state index in [9.17, 15) is 15.2 Å². The Morgan fingerprint density at radius 3 is 2.39 bits per heavy atom. The molecule has 2 aliphatic carbocycles. The lowest BCUT2D eigenvalue weighted by atomic mass is 9.68. The number of anilines is 1. The van der Waals surface area contributed by atoms with Gasteiger partial charge in [-0.3, -0.25) is 4.90 Å². The smallest absolute Gasteiger partial charge is 0.325 e. The van der Waals surface area contributed by atoms with Crippen LogP contribution in [0.5, 0.6) is 5.75 Å². The molecule has 0 atom stereocenters. The minimum absolute atomic E-state index is 0.0889. The van der Waals surface area contributed by atoms with Gasteiger partial charge in [0.25, 0.3) is 0 Å². The van der Waals surface area contributed by atoms with Gasteiger partial charge >= 0.3 is 6.03 Å². The van der Waals surface area contributed by atoms with Crippen LogP contribution in [0.4, 0.5) is 10.5 Å². The van der Waals surface area contributed by atoms with Crippen LogP contribution >= 0.6 is 0 Å². The van der Waals surface area contributed by atoms with Gasteiger partial charge in [0.1, 0.15) is 5.75 Å². The maximum Gasteiger partial charge on any atom is 0.325 e. The topological polar surface area (TPSA) is 88.8 Å². The zero-order valence-electron chi connectivity index (χ0n) is 21.3. The van der Waals surface area contributed by atoms with Crippen LogP contribution in [0.1, 0.15) is 63.0 Å². The number of amides is 2. The zero-order chi connectivity index (χ0) is 25.4. The van der Waals surface area contributed by atoms with Crippen LogP contribution in [-0.4, -0.2) is 53.9 Å². The number of nitrogens with one attached hydrogen (secondary N) is 1. The van der Waals surface area contributed by atoms with Crippen molar-refractivity contribution in [3.05, 3.63) is 59.7 Å². The summed E-state index contributed by atoms with van der Waals surface area (Å²) in [6, 6.07) is 17.9. The summed E-state index contributed by atoms with van der Waals surface area (Å²) < 4.78 is 5.59. The molecule has 1 saturated heterocycles. The Morgan fingerprint density at radius 1 is 1.08 bits per heavy atom. The second-order valence-corrected chi connectivity index (χ2v) is 10.7. The number of methoxy groups -OCH3 is 1. The Morgan fingerprint density at radius 2 is 1.81 bits per heavy atom. The summed E-state index contributed by atoms with van der Waals surface area (Å²) in [5, 5.41) is 24.2. The van der Waals surface area contributed by atoms with Crippen molar-refractivity contribution in [1.29, 1.82) is 5.26 Å². The second-order valence-electron chi connectivity index (χ2n) is 10.7. The molecule has 36 heavy (non-hydrogen) atoms. The average Bonchev–Trinajstić information content (AvgIpc) is 3.15. The summed E-state index contributed by atoms with van der Waals surface area (Å²) in [5.41, 5.74) is 1.17. The minimum atomic E-state index is -0.803. The molecule has 2 aromatic carbocycles. The van der Waals surface area contributed by atoms with Gasteiger partial charge < -0.3 is 20.1 Å². The number of β-amino-alcohol motifs (C(OH)–C–C–N with tert-alkyl or cyclic N) is 1. The second kappa shape index (κ2) is 9.42. The SMILES string of the molecule is CCN[C@]1(c2ccccc2)CC[C@@]2(CC1)CN(c1ccc(C#N)cc1OC)C(=O)N2CC1(O)CCC1. The number of carbonyl (C=O) groups excluding carboxylic acids is 1. The number of aliphatic hydroxyl groups is 1. The highest BCUT2D eigenvalue weighted by atomic mass is 16.5. The molecule has 0 aromatic heterocycles. The number of nitrogens with zero attached hydrogens (tertiary/aromatic N) is 3. The molecule has 2 saturated carbocycles. The Hall–Kier alpha value is -3.08. The molecule has 2 amide bonds. The van der Waals surface area contributed by atoms with Crippen LogP contribution in [0.2, 0.25) is 0 Å². The summed E-state index contributed by atoms with van der Waals surface area (Å²) >= 11 is 0. The molecule has 1 spiro atoms. The van der Waals surface area contributed by atoms with Crippen molar-refractivity contribution < 1.29 is 14.6 Å². The summed E-state index contributed by atoms with van der Waals surface area (Å²) in [6.45, 7) is 3.92. The van der Waals surface area contributed by atoms with Crippen LogP contribution in [0.15, 0.2) is 48.5 Å². The molecule has 7 heteroatoms. The molecule has 3 fully saturated rings. The van der Waals surface area contributed by atoms with Crippen molar-refractivity contribution >= 4 is 11.7 Å². The lowest BCUT2D eigenvalue weighted by molar-refractivity contribution is -0.0691. The van der Waals surface area contributed by atoms with E-state index in [1.54, 1.807) is 30.2 Å². The van der Waals surface area contributed by atoms with Gasteiger partial charge in [-0.25, -0.2) is 4.79 Å². The molecule has 190 valence electrons. The lowest BCUT2D eigenvalue weighted by Gasteiger charge is -2.50. The molecule has 1 heterocycles. The standard InChI is InChI=1S/C29H36N4O3/c1-3-31-29(23-8-5-4-6-9-23)16-14-27(15-17-29)20-32(24-11-10-22(19-30)18-25(24)36-2)26(34)33(27)21-28(35)12-7-13-28/h4-6,8-11,18,31,35H,3,7,12-17,20-21H2,1-2H3/t27-,29-. The fourth-order valence-electron chi connectivity index (χ4n) is 6.46. The predicted octanol–water partition coefficient (Wildman–Crippen LogP) is 4.54. The summed E-state index contributed by atoms with van der Waals surface area (Å²) in [7, 11) is 1.57. The van der Waals surface area contributed by atoms with Gasteiger partial charge in [0.15, 0.2) is 0 Å². The van der Waals surface area contributed by atoms with E-state index in [1.165, 1.54) is 5.56 Å². The Bertz CT molecular complexity index is 1150. The summed E-state index contributed by atoms with van der Waals surface area (Å²) in [6.07, 6.45) is 5.96. The van der Waals surface area contributed by atoms with Crippen LogP contribution in [0, 0.1) is 11.3 Å². The number of nitriles is 1. The van der Waals surface area contributed by atoms with E-state index in [2.05, 4.69) is 42.6 Å². The fraction of sp³-hybridized carbons (Fsp3) is 0.517. The molecule has 0 bridgehead atoms. The third-order valence-corrected chi connectivity index (χ3v) is 8.70. The molecule has 0 unspecified atom stereocenters. The molecular formula is C29H36N4O3. The highest BCUT2D eigenvalue weighted by Crippen LogP contribution is 2.49. The third kappa shape index (κ3) is 4.12. The van der Waals surface area contributed by atoms with Crippen molar-refractivity contribution in [3.8, 4) is 11.8 Å². The van der Waals surface area contributed by atoms with Gasteiger partial charge in [0.05, 0.1) is 48.7 Å². The number of benzene rings is 2. The van der Waals surface area contributed by atoms with Crippen molar-refractivity contribution in [2.45, 2.75) is 68.5 Å². The van der Waals surface area contributed by atoms with Crippen molar-refractivity contribution in [1.82, 2.24) is 10.2 Å². The highest BCUT2D eigenvalue weighted by Gasteiger charge is 2.56. The summed E-state index contributed by atoms with van der Waals surface area (Å²) in [5.74, 6) is 0.517. The van der Waals surface area contributed by atoms with E-state index in [0.29, 0.717) is 30.1 Å². The van der Waals surface area contributed by atoms with Gasteiger partial charge in [0, 0.05) is 11.6 Å². The first-order chi connectivity index (χ1) is 17.4. The first-order valence-electron chi connectivity index (χ1n) is 13.1. The molecule has 2 N–H and O–H groups in total. The van der Waals surface area contributed by atoms with E-state index in [-0.39, 0.29) is 17.1 Å². The highest BCUT2D eigenvalue weighted by molar-refractivity contribution is 5.97. The quantitative estimate of drug-likeness (QED) is 0.597. The van der Waals surface area contributed by atoms with E-state index in [0.717, 1.165) is 51.5 Å². The number of carbonyl (C=O) groups is 1. The lowest BCUT2D eigenvalue weighted by Crippen LogP contribution is -2.59. The van der Waals surface area contributed by atoms with Crippen molar-refractivity contribution in [2.75, 3.05) is 31.6 Å². The Kier molecular flexibility index (Phi) is 6.44. The average molecular weight is 489 g/mol. The van der Waals surface area contributed by atoms with Crippen molar-refractivity contribution in [2.24, 2.45) is 0 Å². The number of hydrogen-bond donors (Lipinski definition) is 2. The minimum Gasteiger partial charge on any atom is -0.495 e. The normalized spacial score (nSPS) is 27.1. The predicted molar refractivity (Wildman–Crippen MR) is 139 cm³/mol. The molecular weight excluding hydrogens is 452 g/mol. The van der Waals surface area contributed by atoms with Crippen LogP contribution in [-0.2, 0) is 5.54 Å². The maximum absolute atomic E-state index is 14.0. The van der Waals surface area contributed by atoms with E-state index in [4.69, 9.17) is 4.74 Å². The monoisotopic (exact) mass is 488 g/mol. The van der Waals surface area contributed by atoms with Gasteiger partial charge in [0.2, 0.25) is 0 Å². The van der Waals surface area contributed by atoms with Crippen molar-refractivity contribution in [3.63, 3.8) is 0 Å². The number of rotatable bonds is 7. The molecule has 5 rings (SSSR count). The first kappa shape index (κ1) is 24.6. The van der Waals surface area contributed by atoms with Gasteiger partial charge in [-0.1, -0.05) is 37.3 Å². The van der Waals surface area contributed by atoms with Gasteiger partial charge in [-0.2, -0.15) is 5.26 Å². The molecule has 2 aromatic rings. The third-order valence-electron chi connectivity index (χ3n) is 8.70. The van der Waals surface area contributed by atoms with Crippen LogP contribution in [0.3, 0.4) is 0 Å². The van der Waals surface area contributed by atoms with Gasteiger partial charge in [-0.05, 0) is 69.2 Å². The van der Waals surface area contributed by atoms with Crippen LogP contribution < -0.4 is 15.0 Å². The molecule has 7 nitrogen and oxygen atoms in total. The van der Waals surface area contributed by atoms with E-state index in [1.807, 2.05) is 11.0 Å². The first-order valence-corrected chi connectivity index (χ1v) is 13.1. The summed E-state index contributed by atoms with van der Waals surface area (Å²) in [4.78, 5) is 17.7.